The number of aliphatic hydroxyl groups is 1. The van der Waals surface area contributed by atoms with E-state index in [2.05, 4.69) is 4.74 Å². The highest BCUT2D eigenvalue weighted by Crippen LogP contribution is 2.43. The first-order valence-corrected chi connectivity index (χ1v) is 13.9. The highest BCUT2D eigenvalue weighted by Gasteiger charge is 2.30. The fourth-order valence-electron chi connectivity index (χ4n) is 3.22. The van der Waals surface area contributed by atoms with Crippen LogP contribution in [0.15, 0.2) is 0 Å². The number of hydrogen-bond acceptors (Lipinski definition) is 7. The first kappa shape index (κ1) is 40.4. The van der Waals surface area contributed by atoms with Gasteiger partial charge < -0.3 is 19.7 Å². The number of nitriles is 1. The maximum absolute atomic E-state index is 11.1. The molecule has 0 atom stereocenters. The molecule has 224 valence electrons. The molecule has 2 N–H and O–H groups in total. The van der Waals surface area contributed by atoms with Crippen molar-refractivity contribution in [2.75, 3.05) is 20.3 Å². The highest BCUT2D eigenvalue weighted by atomic mass is 16.5. The Kier molecular flexibility index (Phi) is 22.1. The molecule has 0 heterocycles. The Morgan fingerprint density at radius 1 is 0.816 bits per heavy atom. The SMILES string of the molecule is C1CC2CCC1C2.CC#N.CCC(C)(C)C(=O)O.CCC(C)(C)C(=O)OC.CCC(C)(C)C(=O)OCCO. The number of ether oxygens (including phenoxy) is 2. The molecule has 2 rings (SSSR count). The quantitative estimate of drug-likeness (QED) is 0.320. The third-order valence-electron chi connectivity index (χ3n) is 7.48. The molecule has 0 unspecified atom stereocenters. The van der Waals surface area contributed by atoms with Gasteiger partial charge in [0.1, 0.15) is 6.61 Å². The van der Waals surface area contributed by atoms with E-state index in [9.17, 15) is 14.4 Å². The summed E-state index contributed by atoms with van der Waals surface area (Å²) in [5.74, 6) is 1.24. The standard InChI is InChI=1S/C8H16O3.C7H14O2.C7H12.C6H12O2.C2H3N/c1-4-8(2,3)7(10)11-6-5-9;1-5-7(2,3)6(8)9-4;1-2-7-4-3-6(1)5-7;1-4-6(2,3)5(7)8;1-2-3/h9H,4-6H2,1-3H3;5H2,1-4H3;6-7H,1-5H2;4H2,1-3H3,(H,7,8);1H3. The predicted octanol–water partition coefficient (Wildman–Crippen LogP) is 6.79. The molecule has 2 aliphatic carbocycles. The van der Waals surface area contributed by atoms with Gasteiger partial charge in [0.2, 0.25) is 0 Å². The summed E-state index contributed by atoms with van der Waals surface area (Å²) >= 11 is 0. The van der Waals surface area contributed by atoms with Gasteiger partial charge in [0.25, 0.3) is 0 Å². The van der Waals surface area contributed by atoms with Crippen molar-refractivity contribution in [3.8, 4) is 6.07 Å². The van der Waals surface area contributed by atoms with Crippen LogP contribution in [0, 0.1) is 39.4 Å². The van der Waals surface area contributed by atoms with Gasteiger partial charge in [-0.05, 0) is 79.1 Å². The summed E-state index contributed by atoms with van der Waals surface area (Å²) in [6, 6.07) is 1.75. The second-order valence-electron chi connectivity index (χ2n) is 11.7. The van der Waals surface area contributed by atoms with E-state index in [-0.39, 0.29) is 30.6 Å². The maximum Gasteiger partial charge on any atom is 0.311 e. The molecule has 8 nitrogen and oxygen atoms in total. The summed E-state index contributed by atoms with van der Waals surface area (Å²) in [5.41, 5.74) is -1.27. The van der Waals surface area contributed by atoms with E-state index in [1.807, 2.05) is 48.5 Å². The second kappa shape index (κ2) is 20.8. The zero-order valence-electron chi connectivity index (χ0n) is 26.1. The summed E-state index contributed by atoms with van der Waals surface area (Å²) in [6.07, 6.45) is 10.1. The van der Waals surface area contributed by atoms with Crippen molar-refractivity contribution in [3.05, 3.63) is 0 Å². The minimum Gasteiger partial charge on any atom is -0.481 e. The number of carboxylic acid groups (broad SMARTS) is 1. The third kappa shape index (κ3) is 18.2. The van der Waals surface area contributed by atoms with E-state index in [4.69, 9.17) is 20.2 Å². The number of aliphatic hydroxyl groups excluding tert-OH is 1. The van der Waals surface area contributed by atoms with E-state index in [0.717, 1.165) is 12.8 Å². The first-order valence-electron chi connectivity index (χ1n) is 13.9. The molecular formula is C30H57NO7. The number of rotatable bonds is 8. The van der Waals surface area contributed by atoms with Crippen molar-refractivity contribution < 1.29 is 34.1 Å². The van der Waals surface area contributed by atoms with Gasteiger partial charge in [0.05, 0.1) is 36.0 Å². The number of aliphatic carboxylic acids is 1. The molecule has 0 aromatic carbocycles. The van der Waals surface area contributed by atoms with Crippen molar-refractivity contribution in [2.45, 2.75) is 121 Å². The highest BCUT2D eigenvalue weighted by molar-refractivity contribution is 5.76. The Bertz CT molecular complexity index is 690. The van der Waals surface area contributed by atoms with E-state index >= 15 is 0 Å². The summed E-state index contributed by atoms with van der Waals surface area (Å²) < 4.78 is 9.32. The van der Waals surface area contributed by atoms with Crippen LogP contribution in [0.3, 0.4) is 0 Å². The van der Waals surface area contributed by atoms with Crippen molar-refractivity contribution >= 4 is 17.9 Å². The van der Waals surface area contributed by atoms with Crippen LogP contribution in [0.1, 0.15) is 121 Å². The summed E-state index contributed by atoms with van der Waals surface area (Å²) in [4.78, 5) is 32.2. The number of hydrogen-bond donors (Lipinski definition) is 2. The zero-order valence-corrected chi connectivity index (χ0v) is 26.1. The van der Waals surface area contributed by atoms with E-state index < -0.39 is 16.8 Å². The van der Waals surface area contributed by atoms with E-state index in [1.54, 1.807) is 52.0 Å². The molecule has 0 amide bonds. The maximum atomic E-state index is 11.1. The van der Waals surface area contributed by atoms with Crippen LogP contribution in [0.2, 0.25) is 0 Å². The zero-order chi connectivity index (χ0) is 30.6. The van der Waals surface area contributed by atoms with E-state index in [1.165, 1.54) is 25.9 Å². The molecule has 8 heteroatoms. The van der Waals surface area contributed by atoms with Crippen LogP contribution in [-0.4, -0.2) is 48.4 Å². The van der Waals surface area contributed by atoms with Gasteiger partial charge in [-0.15, -0.1) is 0 Å². The molecule has 0 aliphatic heterocycles. The minimum absolute atomic E-state index is 0.0995. The normalized spacial score (nSPS) is 17.3. The molecular weight excluding hydrogens is 486 g/mol. The smallest absolute Gasteiger partial charge is 0.311 e. The van der Waals surface area contributed by atoms with Crippen molar-refractivity contribution in [1.29, 1.82) is 5.26 Å². The second-order valence-corrected chi connectivity index (χ2v) is 11.7. The summed E-state index contributed by atoms with van der Waals surface area (Å²) in [6.45, 7) is 18.0. The van der Waals surface area contributed by atoms with Crippen LogP contribution >= 0.6 is 0 Å². The lowest BCUT2D eigenvalue weighted by Gasteiger charge is -2.19. The van der Waals surface area contributed by atoms with Crippen LogP contribution in [0.5, 0.6) is 0 Å². The Morgan fingerprint density at radius 3 is 1.32 bits per heavy atom. The predicted molar refractivity (Wildman–Crippen MR) is 151 cm³/mol. The van der Waals surface area contributed by atoms with Crippen LogP contribution in [0.4, 0.5) is 0 Å². The average Bonchev–Trinajstić information content (AvgIpc) is 3.54. The minimum atomic E-state index is -0.722. The molecule has 2 fully saturated rings. The number of esters is 2. The van der Waals surface area contributed by atoms with Gasteiger partial charge in [-0.2, -0.15) is 5.26 Å². The van der Waals surface area contributed by atoms with Crippen LogP contribution in [-0.2, 0) is 23.9 Å². The number of carbonyl (C=O) groups is 3. The van der Waals surface area contributed by atoms with Gasteiger partial charge >= 0.3 is 17.9 Å². The van der Waals surface area contributed by atoms with Gasteiger partial charge in [-0.3, -0.25) is 14.4 Å². The van der Waals surface area contributed by atoms with Crippen LogP contribution in [0.25, 0.3) is 0 Å². The fraction of sp³-hybridized carbons (Fsp3) is 0.867. The number of carbonyl (C=O) groups excluding carboxylic acids is 2. The molecule has 0 saturated heterocycles. The Balaban J connectivity index is -0.000000418. The molecule has 0 spiro atoms. The molecule has 0 aromatic rings. The average molecular weight is 544 g/mol. The molecule has 2 bridgehead atoms. The summed E-state index contributed by atoms with van der Waals surface area (Å²) in [7, 11) is 1.42. The topological polar surface area (TPSA) is 134 Å². The Morgan fingerprint density at radius 2 is 1.16 bits per heavy atom. The number of fused-ring (bicyclic) bond motifs is 2. The molecule has 0 radical (unpaired) electrons. The number of carboxylic acids is 1. The lowest BCUT2D eigenvalue weighted by atomic mass is 9.91. The molecule has 2 aliphatic rings. The van der Waals surface area contributed by atoms with Gasteiger partial charge in [0, 0.05) is 6.92 Å². The van der Waals surface area contributed by atoms with Gasteiger partial charge in [0.15, 0.2) is 0 Å². The number of methoxy groups -OCH3 is 1. The van der Waals surface area contributed by atoms with Crippen molar-refractivity contribution in [1.82, 2.24) is 0 Å². The Labute approximate surface area is 232 Å². The van der Waals surface area contributed by atoms with Crippen molar-refractivity contribution in [2.24, 2.45) is 28.1 Å². The first-order chi connectivity index (χ1) is 17.5. The van der Waals surface area contributed by atoms with Crippen LogP contribution < -0.4 is 0 Å². The van der Waals surface area contributed by atoms with Gasteiger partial charge in [-0.25, -0.2) is 0 Å². The monoisotopic (exact) mass is 543 g/mol. The van der Waals surface area contributed by atoms with Crippen molar-refractivity contribution in [3.63, 3.8) is 0 Å². The lowest BCUT2D eigenvalue weighted by molar-refractivity contribution is -0.155. The molecule has 0 aromatic heterocycles. The largest absolute Gasteiger partial charge is 0.481 e. The lowest BCUT2D eigenvalue weighted by Crippen LogP contribution is -2.26. The summed E-state index contributed by atoms with van der Waals surface area (Å²) in [5, 5.41) is 24.1. The third-order valence-corrected chi connectivity index (χ3v) is 7.48. The fourth-order valence-corrected chi connectivity index (χ4v) is 3.22. The number of nitrogens with zero attached hydrogens (tertiary/aromatic N) is 1. The molecule has 2 saturated carbocycles. The molecule has 38 heavy (non-hydrogen) atoms. The van der Waals surface area contributed by atoms with E-state index in [0.29, 0.717) is 6.42 Å². The Hall–Kier alpha value is -2.14. The van der Waals surface area contributed by atoms with Gasteiger partial charge in [-0.1, -0.05) is 46.5 Å².